The third kappa shape index (κ3) is 2.22. The molecule has 2 rings (SSSR count). The van der Waals surface area contributed by atoms with Crippen LogP contribution in [0.25, 0.3) is 0 Å². The fourth-order valence-electron chi connectivity index (χ4n) is 1.16. The van der Waals surface area contributed by atoms with E-state index >= 15 is 0 Å². The van der Waals surface area contributed by atoms with E-state index in [-0.39, 0.29) is 6.01 Å². The lowest BCUT2D eigenvalue weighted by Crippen LogP contribution is -1.94. The zero-order chi connectivity index (χ0) is 10.7. The van der Waals surface area contributed by atoms with Gasteiger partial charge in [0.05, 0.1) is 7.11 Å². The molecule has 2 aromatic rings. The Morgan fingerprint density at radius 2 is 2.33 bits per heavy atom. The van der Waals surface area contributed by atoms with Crippen LogP contribution < -0.4 is 10.5 Å². The molecule has 0 aliphatic rings. The van der Waals surface area contributed by atoms with Crippen molar-refractivity contribution in [3.05, 3.63) is 29.7 Å². The number of nitrogen functional groups attached to an aromatic ring is 1. The first-order chi connectivity index (χ1) is 7.28. The van der Waals surface area contributed by atoms with Crippen LogP contribution in [-0.2, 0) is 6.42 Å². The highest BCUT2D eigenvalue weighted by Crippen LogP contribution is 2.10. The van der Waals surface area contributed by atoms with Crippen molar-refractivity contribution in [2.24, 2.45) is 0 Å². The molecule has 0 atom stereocenters. The third-order valence-electron chi connectivity index (χ3n) is 1.85. The summed E-state index contributed by atoms with van der Waals surface area (Å²) in [5, 5.41) is 3.68. The monoisotopic (exact) mass is 206 g/mol. The van der Waals surface area contributed by atoms with Gasteiger partial charge in [0.25, 0.3) is 0 Å². The summed E-state index contributed by atoms with van der Waals surface area (Å²) in [7, 11) is 1.57. The molecule has 2 aromatic heterocycles. The Kier molecular flexibility index (Phi) is 2.49. The molecule has 0 aliphatic carbocycles. The molecule has 0 unspecified atom stereocenters. The summed E-state index contributed by atoms with van der Waals surface area (Å²) in [6.45, 7) is 0. The van der Waals surface area contributed by atoms with Crippen molar-refractivity contribution >= 4 is 6.01 Å². The Bertz CT molecular complexity index is 438. The topological polar surface area (TPSA) is 87.1 Å². The smallest absolute Gasteiger partial charge is 0.318 e. The van der Waals surface area contributed by atoms with E-state index in [0.717, 1.165) is 5.56 Å². The number of anilines is 1. The number of aromatic nitrogens is 3. The summed E-state index contributed by atoms with van der Waals surface area (Å²) in [5.74, 6) is 1.12. The fourth-order valence-corrected chi connectivity index (χ4v) is 1.16. The zero-order valence-corrected chi connectivity index (χ0v) is 8.17. The summed E-state index contributed by atoms with van der Waals surface area (Å²) in [6, 6.07) is 3.74. The van der Waals surface area contributed by atoms with Crippen LogP contribution >= 0.6 is 0 Å². The first kappa shape index (κ1) is 9.45. The lowest BCUT2D eigenvalue weighted by molar-refractivity contribution is 0.397. The average molecular weight is 206 g/mol. The first-order valence-corrected chi connectivity index (χ1v) is 4.35. The van der Waals surface area contributed by atoms with E-state index in [1.165, 1.54) is 0 Å². The van der Waals surface area contributed by atoms with Crippen LogP contribution in [0, 0.1) is 0 Å². The highest BCUT2D eigenvalue weighted by molar-refractivity contribution is 5.21. The standard InChI is InChI=1S/C9H10N4O2/c1-14-8-3-2-6(5-11-8)4-7-12-9(10)15-13-7/h2-3,5H,4H2,1H3,(H2,10,12,13). The van der Waals surface area contributed by atoms with Gasteiger partial charge in [-0.1, -0.05) is 11.2 Å². The van der Waals surface area contributed by atoms with Crippen LogP contribution in [0.4, 0.5) is 6.01 Å². The minimum Gasteiger partial charge on any atom is -0.481 e. The second kappa shape index (κ2) is 3.95. The van der Waals surface area contributed by atoms with Crippen molar-refractivity contribution in [2.75, 3.05) is 12.8 Å². The minimum absolute atomic E-state index is 0.0754. The summed E-state index contributed by atoms with van der Waals surface area (Å²) in [4.78, 5) is 7.95. The van der Waals surface area contributed by atoms with Gasteiger partial charge in [-0.2, -0.15) is 4.98 Å². The number of rotatable bonds is 3. The van der Waals surface area contributed by atoms with Crippen molar-refractivity contribution in [2.45, 2.75) is 6.42 Å². The summed E-state index contributed by atoms with van der Waals surface area (Å²) in [5.41, 5.74) is 6.27. The first-order valence-electron chi connectivity index (χ1n) is 4.35. The number of nitrogens with two attached hydrogens (primary N) is 1. The molecule has 0 aliphatic heterocycles. The van der Waals surface area contributed by atoms with Gasteiger partial charge in [0.15, 0.2) is 5.82 Å². The molecular formula is C9H10N4O2. The molecule has 2 N–H and O–H groups in total. The average Bonchev–Trinajstić information content (AvgIpc) is 2.65. The van der Waals surface area contributed by atoms with Crippen molar-refractivity contribution < 1.29 is 9.26 Å². The van der Waals surface area contributed by atoms with Gasteiger partial charge >= 0.3 is 6.01 Å². The number of methoxy groups -OCH3 is 1. The molecule has 0 aromatic carbocycles. The highest BCUT2D eigenvalue weighted by atomic mass is 16.5. The molecule has 0 spiro atoms. The van der Waals surface area contributed by atoms with Crippen LogP contribution in [0.3, 0.4) is 0 Å². The van der Waals surface area contributed by atoms with E-state index < -0.39 is 0 Å². The number of nitrogens with zero attached hydrogens (tertiary/aromatic N) is 3. The van der Waals surface area contributed by atoms with Gasteiger partial charge in [-0.15, -0.1) is 0 Å². The van der Waals surface area contributed by atoms with Gasteiger partial charge in [0.2, 0.25) is 5.88 Å². The molecule has 0 saturated heterocycles. The third-order valence-corrected chi connectivity index (χ3v) is 1.85. The largest absolute Gasteiger partial charge is 0.481 e. The SMILES string of the molecule is COc1ccc(Cc2noc(N)n2)cn1. The molecule has 15 heavy (non-hydrogen) atoms. The zero-order valence-electron chi connectivity index (χ0n) is 8.17. The molecular weight excluding hydrogens is 196 g/mol. The number of hydrogen-bond donors (Lipinski definition) is 1. The lowest BCUT2D eigenvalue weighted by atomic mass is 10.2. The summed E-state index contributed by atoms with van der Waals surface area (Å²) >= 11 is 0. The van der Waals surface area contributed by atoms with E-state index in [2.05, 4.69) is 19.6 Å². The Balaban J connectivity index is 2.11. The number of hydrogen-bond acceptors (Lipinski definition) is 6. The van der Waals surface area contributed by atoms with Crippen LogP contribution in [0.2, 0.25) is 0 Å². The predicted molar refractivity (Wildman–Crippen MR) is 52.3 cm³/mol. The molecule has 6 heteroatoms. The molecule has 6 nitrogen and oxygen atoms in total. The number of pyridine rings is 1. The lowest BCUT2D eigenvalue weighted by Gasteiger charge is -1.99. The van der Waals surface area contributed by atoms with Crippen LogP contribution in [-0.4, -0.2) is 22.2 Å². The van der Waals surface area contributed by atoms with E-state index in [1.54, 1.807) is 19.4 Å². The normalized spacial score (nSPS) is 10.2. The van der Waals surface area contributed by atoms with E-state index in [1.807, 2.05) is 6.07 Å². The van der Waals surface area contributed by atoms with Gasteiger partial charge in [-0.3, -0.25) is 0 Å². The Labute approximate surface area is 86.1 Å². The molecule has 2 heterocycles. The van der Waals surface area contributed by atoms with Crippen LogP contribution in [0.1, 0.15) is 11.4 Å². The van der Waals surface area contributed by atoms with E-state index in [4.69, 9.17) is 10.5 Å². The molecule has 0 saturated carbocycles. The van der Waals surface area contributed by atoms with Crippen molar-refractivity contribution in [3.63, 3.8) is 0 Å². The quantitative estimate of drug-likeness (QED) is 0.793. The van der Waals surface area contributed by atoms with Crippen molar-refractivity contribution in [3.8, 4) is 5.88 Å². The maximum Gasteiger partial charge on any atom is 0.318 e. The number of ether oxygens (including phenoxy) is 1. The summed E-state index contributed by atoms with van der Waals surface area (Å²) < 4.78 is 9.60. The van der Waals surface area contributed by atoms with Crippen LogP contribution in [0.15, 0.2) is 22.9 Å². The second-order valence-corrected chi connectivity index (χ2v) is 2.93. The van der Waals surface area contributed by atoms with Gasteiger partial charge in [0, 0.05) is 18.7 Å². The Morgan fingerprint density at radius 3 is 2.87 bits per heavy atom. The molecule has 0 amide bonds. The minimum atomic E-state index is 0.0754. The fraction of sp³-hybridized carbons (Fsp3) is 0.222. The maximum atomic E-state index is 5.30. The van der Waals surface area contributed by atoms with Gasteiger partial charge in [0.1, 0.15) is 0 Å². The molecule has 0 bridgehead atoms. The second-order valence-electron chi connectivity index (χ2n) is 2.93. The molecule has 0 radical (unpaired) electrons. The van der Waals surface area contributed by atoms with Crippen LogP contribution in [0.5, 0.6) is 5.88 Å². The highest BCUT2D eigenvalue weighted by Gasteiger charge is 2.04. The van der Waals surface area contributed by atoms with Crippen molar-refractivity contribution in [1.29, 1.82) is 0 Å². The van der Waals surface area contributed by atoms with Gasteiger partial charge < -0.3 is 15.0 Å². The Morgan fingerprint density at radius 1 is 1.47 bits per heavy atom. The van der Waals surface area contributed by atoms with Crippen molar-refractivity contribution in [1.82, 2.24) is 15.1 Å². The molecule has 0 fully saturated rings. The van der Waals surface area contributed by atoms with E-state index in [9.17, 15) is 0 Å². The predicted octanol–water partition coefficient (Wildman–Crippen LogP) is 0.646. The summed E-state index contributed by atoms with van der Waals surface area (Å²) in [6.07, 6.45) is 2.24. The van der Waals surface area contributed by atoms with Gasteiger partial charge in [-0.25, -0.2) is 4.98 Å². The Hall–Kier alpha value is -2.11. The van der Waals surface area contributed by atoms with E-state index in [0.29, 0.717) is 18.1 Å². The molecule has 78 valence electrons. The maximum absolute atomic E-state index is 5.30. The van der Waals surface area contributed by atoms with Gasteiger partial charge in [-0.05, 0) is 5.56 Å².